The molecule has 2 unspecified atom stereocenters. The van der Waals surface area contributed by atoms with E-state index >= 15 is 0 Å². The highest BCUT2D eigenvalue weighted by atomic mass is 28.3. The Labute approximate surface area is 266 Å². The first-order valence-corrected chi connectivity index (χ1v) is 19.6. The summed E-state index contributed by atoms with van der Waals surface area (Å²) < 4.78 is 6.49. The zero-order chi connectivity index (χ0) is 31.2. The summed E-state index contributed by atoms with van der Waals surface area (Å²) >= 11 is 0. The third-order valence-electron chi connectivity index (χ3n) is 8.42. The summed E-state index contributed by atoms with van der Waals surface area (Å²) in [5.41, 5.74) is 5.99. The number of aromatic nitrogens is 4. The number of aryl methyl sites for hydroxylation is 1. The van der Waals surface area contributed by atoms with E-state index in [0.717, 1.165) is 60.0 Å². The van der Waals surface area contributed by atoms with E-state index in [1.807, 2.05) is 60.8 Å². The standard InChI is InChI=1S/C36H42N6O2Si/c1-45(2,3)22-21-44-25-32(35-39-29-15-4-5-16-30(29)40-35)42(31-17-9-12-27-14-10-20-38-34(27)31)24-26-11-8-13-28(23-26)36(43)41-33-18-6-7-19-37-33/h4-8,10-11,13-16,18-20,23,31-32H,9,12,17,21-22,24-25H2,1-3H3,(H,39,40)(H,37,41,43). The molecule has 2 N–H and O–H groups in total. The number of fused-ring (bicyclic) bond motifs is 2. The van der Waals surface area contributed by atoms with Gasteiger partial charge in [0.15, 0.2) is 0 Å². The molecular weight excluding hydrogens is 577 g/mol. The Balaban J connectivity index is 1.36. The lowest BCUT2D eigenvalue weighted by Gasteiger charge is -2.39. The zero-order valence-corrected chi connectivity index (χ0v) is 27.4. The van der Waals surface area contributed by atoms with Crippen LogP contribution in [0.5, 0.6) is 0 Å². The molecule has 0 radical (unpaired) electrons. The average molecular weight is 619 g/mol. The molecule has 0 saturated carbocycles. The first kappa shape index (κ1) is 30.8. The first-order chi connectivity index (χ1) is 21.8. The molecule has 232 valence electrons. The summed E-state index contributed by atoms with van der Waals surface area (Å²) in [4.78, 5) is 33.6. The highest BCUT2D eigenvalue weighted by molar-refractivity contribution is 6.76. The van der Waals surface area contributed by atoms with Gasteiger partial charge in [-0.1, -0.05) is 56.0 Å². The molecule has 1 aliphatic rings. The highest BCUT2D eigenvalue weighted by Gasteiger charge is 2.35. The molecule has 3 aromatic heterocycles. The van der Waals surface area contributed by atoms with Crippen LogP contribution in [-0.2, 0) is 17.7 Å². The number of anilines is 1. The molecular formula is C36H42N6O2Si. The van der Waals surface area contributed by atoms with Gasteiger partial charge < -0.3 is 15.0 Å². The number of carbonyl (C=O) groups is 1. The third kappa shape index (κ3) is 7.73. The summed E-state index contributed by atoms with van der Waals surface area (Å²) in [5, 5.41) is 2.92. The van der Waals surface area contributed by atoms with E-state index in [1.165, 1.54) is 5.56 Å². The summed E-state index contributed by atoms with van der Waals surface area (Å²) in [6.45, 7) is 8.96. The minimum atomic E-state index is -1.26. The Morgan fingerprint density at radius 3 is 2.69 bits per heavy atom. The van der Waals surface area contributed by atoms with Crippen molar-refractivity contribution in [1.29, 1.82) is 0 Å². The zero-order valence-electron chi connectivity index (χ0n) is 26.4. The van der Waals surface area contributed by atoms with E-state index < -0.39 is 8.07 Å². The number of ether oxygens (including phenoxy) is 1. The van der Waals surface area contributed by atoms with E-state index in [4.69, 9.17) is 14.7 Å². The number of nitrogens with one attached hydrogen (secondary N) is 2. The van der Waals surface area contributed by atoms with Crippen LogP contribution in [0.3, 0.4) is 0 Å². The maximum atomic E-state index is 13.2. The molecule has 2 atom stereocenters. The molecule has 0 saturated heterocycles. The topological polar surface area (TPSA) is 96.0 Å². The lowest BCUT2D eigenvalue weighted by atomic mass is 9.89. The normalized spacial score (nSPS) is 15.6. The molecule has 3 heterocycles. The predicted molar refractivity (Wildman–Crippen MR) is 182 cm³/mol. The van der Waals surface area contributed by atoms with Crippen molar-refractivity contribution in [2.24, 2.45) is 0 Å². The van der Waals surface area contributed by atoms with Gasteiger partial charge in [-0.15, -0.1) is 0 Å². The molecule has 0 spiro atoms. The molecule has 6 rings (SSSR count). The number of para-hydroxylation sites is 2. The van der Waals surface area contributed by atoms with Crippen molar-refractivity contribution >= 4 is 30.8 Å². The molecule has 8 nitrogen and oxygen atoms in total. The number of hydrogen-bond donors (Lipinski definition) is 2. The van der Waals surface area contributed by atoms with E-state index in [0.29, 0.717) is 24.5 Å². The smallest absolute Gasteiger partial charge is 0.256 e. The molecule has 0 bridgehead atoms. The highest BCUT2D eigenvalue weighted by Crippen LogP contribution is 2.39. The third-order valence-corrected chi connectivity index (χ3v) is 10.1. The first-order valence-electron chi connectivity index (χ1n) is 15.9. The second kappa shape index (κ2) is 13.8. The van der Waals surface area contributed by atoms with E-state index in [1.54, 1.807) is 12.3 Å². The number of aromatic amines is 1. The van der Waals surface area contributed by atoms with Crippen LogP contribution in [0.2, 0.25) is 25.7 Å². The Kier molecular flexibility index (Phi) is 9.49. The number of benzene rings is 2. The predicted octanol–water partition coefficient (Wildman–Crippen LogP) is 7.58. The molecule has 1 aliphatic carbocycles. The Bertz CT molecular complexity index is 1700. The number of carbonyl (C=O) groups excluding carboxylic acids is 1. The largest absolute Gasteiger partial charge is 0.380 e. The van der Waals surface area contributed by atoms with Crippen molar-refractivity contribution in [3.8, 4) is 0 Å². The number of H-pyrrole nitrogens is 1. The molecule has 0 aliphatic heterocycles. The number of amides is 1. The maximum Gasteiger partial charge on any atom is 0.256 e. The summed E-state index contributed by atoms with van der Waals surface area (Å²) in [7, 11) is -1.26. The van der Waals surface area contributed by atoms with Crippen LogP contribution < -0.4 is 5.32 Å². The van der Waals surface area contributed by atoms with Gasteiger partial charge in [-0.3, -0.25) is 14.7 Å². The molecule has 45 heavy (non-hydrogen) atoms. The minimum absolute atomic E-state index is 0.0692. The fourth-order valence-electron chi connectivity index (χ4n) is 6.03. The number of imidazole rings is 1. The monoisotopic (exact) mass is 618 g/mol. The SMILES string of the molecule is C[Si](C)(C)CCOCC(c1nc2ccccc2[nH]1)N(Cc1cccc(C(=O)Nc2ccccn2)c1)C1CCCc2cccnc21. The van der Waals surface area contributed by atoms with Crippen molar-refractivity contribution in [2.75, 3.05) is 18.5 Å². The quantitative estimate of drug-likeness (QED) is 0.111. The Morgan fingerprint density at radius 2 is 1.87 bits per heavy atom. The van der Waals surface area contributed by atoms with Gasteiger partial charge >= 0.3 is 0 Å². The molecule has 0 fully saturated rings. The van der Waals surface area contributed by atoms with E-state index in [2.05, 4.69) is 58.0 Å². The fraction of sp³-hybridized carbons (Fsp3) is 0.333. The molecule has 5 aromatic rings. The summed E-state index contributed by atoms with van der Waals surface area (Å²) in [6.07, 6.45) is 6.66. The van der Waals surface area contributed by atoms with Crippen LogP contribution in [0.4, 0.5) is 5.82 Å². The number of rotatable bonds is 12. The fourth-order valence-corrected chi connectivity index (χ4v) is 6.78. The van der Waals surface area contributed by atoms with Crippen molar-refractivity contribution < 1.29 is 9.53 Å². The molecule has 1 amide bonds. The van der Waals surface area contributed by atoms with Crippen molar-refractivity contribution in [1.82, 2.24) is 24.8 Å². The van der Waals surface area contributed by atoms with Crippen LogP contribution in [-0.4, -0.2) is 52.0 Å². The average Bonchev–Trinajstić information content (AvgIpc) is 3.48. The number of pyridine rings is 2. The summed E-state index contributed by atoms with van der Waals surface area (Å²) in [6, 6.07) is 26.8. The van der Waals surface area contributed by atoms with Gasteiger partial charge in [-0.05, 0) is 78.9 Å². The van der Waals surface area contributed by atoms with Gasteiger partial charge in [0.25, 0.3) is 5.91 Å². The minimum Gasteiger partial charge on any atom is -0.380 e. The Hall–Kier alpha value is -4.18. The number of nitrogens with zero attached hydrogens (tertiary/aromatic N) is 4. The van der Waals surface area contributed by atoms with Crippen LogP contribution in [0, 0.1) is 0 Å². The second-order valence-electron chi connectivity index (χ2n) is 13.0. The lowest BCUT2D eigenvalue weighted by molar-refractivity contribution is 0.0257. The molecule has 2 aromatic carbocycles. The maximum absolute atomic E-state index is 13.2. The van der Waals surface area contributed by atoms with E-state index in [9.17, 15) is 4.79 Å². The van der Waals surface area contributed by atoms with Gasteiger partial charge in [0.05, 0.1) is 35.4 Å². The van der Waals surface area contributed by atoms with Gasteiger partial charge in [0.1, 0.15) is 11.6 Å². The van der Waals surface area contributed by atoms with Crippen molar-refractivity contribution in [3.63, 3.8) is 0 Å². The number of hydrogen-bond acceptors (Lipinski definition) is 6. The van der Waals surface area contributed by atoms with Crippen molar-refractivity contribution in [3.05, 3.63) is 119 Å². The Morgan fingerprint density at radius 1 is 1.02 bits per heavy atom. The van der Waals surface area contributed by atoms with E-state index in [-0.39, 0.29) is 18.0 Å². The van der Waals surface area contributed by atoms with Crippen molar-refractivity contribution in [2.45, 2.75) is 63.6 Å². The van der Waals surface area contributed by atoms with Crippen LogP contribution in [0.1, 0.15) is 57.9 Å². The molecule has 9 heteroatoms. The van der Waals surface area contributed by atoms with Gasteiger partial charge in [-0.25, -0.2) is 9.97 Å². The van der Waals surface area contributed by atoms with Gasteiger partial charge in [0.2, 0.25) is 0 Å². The second-order valence-corrected chi connectivity index (χ2v) is 18.7. The van der Waals surface area contributed by atoms with Gasteiger partial charge in [0, 0.05) is 39.2 Å². The van der Waals surface area contributed by atoms with Gasteiger partial charge in [-0.2, -0.15) is 0 Å². The van der Waals surface area contributed by atoms with Crippen LogP contribution in [0.25, 0.3) is 11.0 Å². The summed E-state index contributed by atoms with van der Waals surface area (Å²) in [5.74, 6) is 1.23. The van der Waals surface area contributed by atoms with Crippen LogP contribution in [0.15, 0.2) is 91.3 Å². The van der Waals surface area contributed by atoms with Crippen LogP contribution >= 0.6 is 0 Å². The lowest BCUT2D eigenvalue weighted by Crippen LogP contribution is -2.38.